The third kappa shape index (κ3) is 4.54. The molecule has 4 heteroatoms. The highest BCUT2D eigenvalue weighted by Gasteiger charge is 2.20. The minimum absolute atomic E-state index is 0.828. The van der Waals surface area contributed by atoms with Crippen molar-refractivity contribution in [3.63, 3.8) is 0 Å². The maximum Gasteiger partial charge on any atom is 0.143 e. The summed E-state index contributed by atoms with van der Waals surface area (Å²) in [5, 5.41) is 4.44. The van der Waals surface area contributed by atoms with Crippen molar-refractivity contribution in [2.45, 2.75) is 0 Å². The van der Waals surface area contributed by atoms with E-state index in [1.807, 2.05) is 42.9 Å². The Hall–Kier alpha value is -6.78. The van der Waals surface area contributed by atoms with Crippen LogP contribution in [-0.2, 0) is 0 Å². The van der Waals surface area contributed by atoms with Crippen LogP contribution in [0, 0.1) is 0 Å². The van der Waals surface area contributed by atoms with E-state index < -0.39 is 0 Å². The van der Waals surface area contributed by atoms with E-state index in [-0.39, 0.29) is 0 Å². The molecule has 234 valence electrons. The minimum Gasteiger partial charge on any atom is -0.455 e. The zero-order valence-electron chi connectivity index (χ0n) is 27.0. The number of hydrogen-bond donors (Lipinski definition) is 0. The quantitative estimate of drug-likeness (QED) is 0.189. The first-order chi connectivity index (χ1) is 24.8. The van der Waals surface area contributed by atoms with Gasteiger partial charge in [0.15, 0.2) is 0 Å². The molecule has 6 aromatic carbocycles. The van der Waals surface area contributed by atoms with Gasteiger partial charge in [0.1, 0.15) is 17.3 Å². The van der Waals surface area contributed by atoms with Gasteiger partial charge in [-0.3, -0.25) is 9.55 Å². The Balaban J connectivity index is 1.22. The van der Waals surface area contributed by atoms with Crippen molar-refractivity contribution in [2.24, 2.45) is 0 Å². The van der Waals surface area contributed by atoms with Crippen LogP contribution in [0.5, 0.6) is 11.5 Å². The van der Waals surface area contributed by atoms with Gasteiger partial charge in [-0.25, -0.2) is 4.98 Å². The van der Waals surface area contributed by atoms with Crippen molar-refractivity contribution in [3.05, 3.63) is 175 Å². The van der Waals surface area contributed by atoms with E-state index in [0.717, 1.165) is 94.4 Å². The summed E-state index contributed by atoms with van der Waals surface area (Å²) in [6, 6.07) is 51.3. The number of hydrogen-bond acceptors (Lipinski definition) is 3. The van der Waals surface area contributed by atoms with E-state index in [1.165, 1.54) is 0 Å². The molecule has 0 saturated heterocycles. The van der Waals surface area contributed by atoms with Gasteiger partial charge in [-0.05, 0) is 87.3 Å². The lowest BCUT2D eigenvalue weighted by atomic mass is 9.91. The maximum absolute atomic E-state index is 7.05. The van der Waals surface area contributed by atoms with Gasteiger partial charge in [0.2, 0.25) is 0 Å². The predicted octanol–water partition coefficient (Wildman–Crippen LogP) is 12.0. The van der Waals surface area contributed by atoms with E-state index in [2.05, 4.69) is 148 Å². The molecule has 10 rings (SSSR count). The molecule has 0 aliphatic carbocycles. The van der Waals surface area contributed by atoms with Crippen LogP contribution in [0.1, 0.15) is 11.1 Å². The fourth-order valence-corrected chi connectivity index (χ4v) is 7.41. The summed E-state index contributed by atoms with van der Waals surface area (Å²) in [5.41, 5.74) is 11.0. The number of nitrogens with zero attached hydrogens (tertiary/aromatic N) is 3. The topological polar surface area (TPSA) is 39.9 Å². The van der Waals surface area contributed by atoms with Gasteiger partial charge >= 0.3 is 0 Å². The first kappa shape index (κ1) is 28.3. The molecule has 0 unspecified atom stereocenters. The number of rotatable bonds is 2. The number of ether oxygens (including phenoxy) is 1. The molecule has 1 aliphatic rings. The molecule has 0 saturated carbocycles. The minimum atomic E-state index is 0.828. The third-order valence-electron chi connectivity index (χ3n) is 9.79. The summed E-state index contributed by atoms with van der Waals surface area (Å²) in [6.07, 6.45) is 10.1. The molecule has 4 nitrogen and oxygen atoms in total. The van der Waals surface area contributed by atoms with Crippen LogP contribution >= 0.6 is 0 Å². The Morgan fingerprint density at radius 1 is 0.480 bits per heavy atom. The Labute approximate surface area is 289 Å². The highest BCUT2D eigenvalue weighted by atomic mass is 16.5. The van der Waals surface area contributed by atoms with Crippen molar-refractivity contribution in [1.29, 1.82) is 0 Å². The molecule has 3 aromatic heterocycles. The van der Waals surface area contributed by atoms with E-state index >= 15 is 0 Å². The molecule has 1 aliphatic heterocycles. The SMILES string of the molecule is C1=Cc2ccc(-c3ccc4c(c3)c3cnccc3n4-c3ccccn3)cc2-c2ccc3ccccc3c2Oc2ccccc2-c2ccccc21. The first-order valence-electron chi connectivity index (χ1n) is 16.8. The highest BCUT2D eigenvalue weighted by Crippen LogP contribution is 2.46. The second-order valence-electron chi connectivity index (χ2n) is 12.6. The Kier molecular flexibility index (Phi) is 6.46. The van der Waals surface area contributed by atoms with E-state index in [1.54, 1.807) is 0 Å². The smallest absolute Gasteiger partial charge is 0.143 e. The lowest BCUT2D eigenvalue weighted by Crippen LogP contribution is -1.96. The standard InChI is InChI=1S/C46H29N3O/c1-3-11-35-30(9-1)16-17-32-18-19-33(34-21-23-42-40(28-34)41-29-47-26-24-43(41)49(42)45-15-7-8-25-48-45)27-39(32)38-22-20-31-10-2-4-12-36(31)46(38)50-44-14-6-5-13-37(35)44/h1-29H. The molecule has 0 fully saturated rings. The summed E-state index contributed by atoms with van der Waals surface area (Å²) in [4.78, 5) is 9.18. The zero-order chi connectivity index (χ0) is 33.0. The fraction of sp³-hybridized carbons (Fsp3) is 0. The summed E-state index contributed by atoms with van der Waals surface area (Å²) >= 11 is 0. The average Bonchev–Trinajstić information content (AvgIpc) is 3.50. The first-order valence-corrected chi connectivity index (χ1v) is 16.8. The van der Waals surface area contributed by atoms with Crippen LogP contribution in [0.2, 0.25) is 0 Å². The monoisotopic (exact) mass is 639 g/mol. The fourth-order valence-electron chi connectivity index (χ4n) is 7.41. The van der Waals surface area contributed by atoms with Gasteiger partial charge in [-0.2, -0.15) is 0 Å². The van der Waals surface area contributed by atoms with Crippen LogP contribution in [0.4, 0.5) is 0 Å². The van der Waals surface area contributed by atoms with Crippen LogP contribution < -0.4 is 4.74 Å². The molecule has 0 N–H and O–H groups in total. The van der Waals surface area contributed by atoms with Gasteiger partial charge in [0, 0.05) is 45.9 Å². The molecule has 0 radical (unpaired) electrons. The zero-order valence-corrected chi connectivity index (χ0v) is 27.0. The van der Waals surface area contributed by atoms with Gasteiger partial charge < -0.3 is 4.74 Å². The van der Waals surface area contributed by atoms with Gasteiger partial charge in [-0.15, -0.1) is 0 Å². The van der Waals surface area contributed by atoms with E-state index in [0.29, 0.717) is 0 Å². The number of pyridine rings is 2. The van der Waals surface area contributed by atoms with Crippen molar-refractivity contribution in [2.75, 3.05) is 0 Å². The van der Waals surface area contributed by atoms with Crippen molar-refractivity contribution in [3.8, 4) is 50.7 Å². The normalized spacial score (nSPS) is 12.1. The number of benzene rings is 6. The summed E-state index contributed by atoms with van der Waals surface area (Å²) in [7, 11) is 0. The Morgan fingerprint density at radius 3 is 2.16 bits per heavy atom. The average molecular weight is 640 g/mol. The van der Waals surface area contributed by atoms with Gasteiger partial charge in [-0.1, -0.05) is 109 Å². The van der Waals surface area contributed by atoms with Crippen molar-refractivity contribution >= 4 is 44.7 Å². The third-order valence-corrected chi connectivity index (χ3v) is 9.79. The molecule has 0 atom stereocenters. The van der Waals surface area contributed by atoms with Crippen LogP contribution in [0.25, 0.3) is 83.9 Å². The van der Waals surface area contributed by atoms with E-state index in [9.17, 15) is 0 Å². The predicted molar refractivity (Wildman–Crippen MR) is 206 cm³/mol. The Morgan fingerprint density at radius 2 is 1.24 bits per heavy atom. The second-order valence-corrected chi connectivity index (χ2v) is 12.6. The second kappa shape index (κ2) is 11.4. The van der Waals surface area contributed by atoms with Crippen LogP contribution in [0.15, 0.2) is 164 Å². The molecule has 9 aromatic rings. The van der Waals surface area contributed by atoms with Crippen molar-refractivity contribution < 1.29 is 4.74 Å². The number of fused-ring (bicyclic) bond motifs is 11. The van der Waals surface area contributed by atoms with Crippen LogP contribution in [0.3, 0.4) is 0 Å². The lowest BCUT2D eigenvalue weighted by Gasteiger charge is -2.18. The highest BCUT2D eigenvalue weighted by molar-refractivity contribution is 6.10. The van der Waals surface area contributed by atoms with Crippen LogP contribution in [-0.4, -0.2) is 14.5 Å². The number of aromatic nitrogens is 3. The molecular weight excluding hydrogens is 611 g/mol. The molecule has 50 heavy (non-hydrogen) atoms. The lowest BCUT2D eigenvalue weighted by molar-refractivity contribution is 0.492. The largest absolute Gasteiger partial charge is 0.455 e. The maximum atomic E-state index is 7.05. The number of para-hydroxylation sites is 1. The summed E-state index contributed by atoms with van der Waals surface area (Å²) in [5.74, 6) is 2.56. The van der Waals surface area contributed by atoms with Gasteiger partial charge in [0.05, 0.1) is 11.0 Å². The van der Waals surface area contributed by atoms with E-state index in [4.69, 9.17) is 4.74 Å². The summed E-state index contributed by atoms with van der Waals surface area (Å²) < 4.78 is 9.27. The Bertz CT molecular complexity index is 2790. The van der Waals surface area contributed by atoms with Crippen molar-refractivity contribution in [1.82, 2.24) is 14.5 Å². The van der Waals surface area contributed by atoms with Gasteiger partial charge in [0.25, 0.3) is 0 Å². The molecule has 0 spiro atoms. The summed E-state index contributed by atoms with van der Waals surface area (Å²) in [6.45, 7) is 0. The molecule has 4 heterocycles. The molecule has 0 bridgehead atoms. The molecular formula is C46H29N3O. The molecule has 0 amide bonds.